The average molecular weight is 151 g/mol. The molecule has 3 N–H and O–H groups in total. The van der Waals surface area contributed by atoms with Gasteiger partial charge in [-0.3, -0.25) is 0 Å². The standard InChI is InChI=1S/C6H6O.C3H7N/c7-6-4-2-1-3-5-6;1-2-3-4/h1-5,7H;2H,1,3-4H2. The monoisotopic (exact) mass is 151 g/mol. The van der Waals surface area contributed by atoms with Gasteiger partial charge in [-0.2, -0.15) is 0 Å². The molecular formula is C9H13NO. The predicted octanol–water partition coefficient (Wildman–Crippen LogP) is 1.52. The van der Waals surface area contributed by atoms with Crippen molar-refractivity contribution in [3.63, 3.8) is 0 Å². The molecule has 1 rings (SSSR count). The number of nitrogens with two attached hydrogens (primary N) is 1. The Morgan fingerprint density at radius 1 is 1.36 bits per heavy atom. The molecule has 2 heteroatoms. The van der Waals surface area contributed by atoms with Gasteiger partial charge in [0.15, 0.2) is 0 Å². The van der Waals surface area contributed by atoms with E-state index in [4.69, 9.17) is 10.8 Å². The van der Waals surface area contributed by atoms with Gasteiger partial charge in [0.1, 0.15) is 5.75 Å². The first-order valence-corrected chi connectivity index (χ1v) is 3.36. The van der Waals surface area contributed by atoms with Crippen molar-refractivity contribution in [2.24, 2.45) is 5.73 Å². The van der Waals surface area contributed by atoms with Crippen LogP contribution in [0.5, 0.6) is 5.75 Å². The van der Waals surface area contributed by atoms with Gasteiger partial charge < -0.3 is 10.8 Å². The van der Waals surface area contributed by atoms with Crippen LogP contribution in [0.3, 0.4) is 0 Å². The van der Waals surface area contributed by atoms with Crippen molar-refractivity contribution in [3.05, 3.63) is 43.0 Å². The third-order valence-corrected chi connectivity index (χ3v) is 0.923. The van der Waals surface area contributed by atoms with E-state index < -0.39 is 0 Å². The normalized spacial score (nSPS) is 7.73. The van der Waals surface area contributed by atoms with E-state index in [0.29, 0.717) is 12.3 Å². The maximum Gasteiger partial charge on any atom is 0.115 e. The van der Waals surface area contributed by atoms with Gasteiger partial charge in [-0.25, -0.2) is 0 Å². The molecule has 0 aliphatic carbocycles. The molecular weight excluding hydrogens is 138 g/mol. The first-order valence-electron chi connectivity index (χ1n) is 3.36. The summed E-state index contributed by atoms with van der Waals surface area (Å²) >= 11 is 0. The van der Waals surface area contributed by atoms with E-state index in [1.54, 1.807) is 30.3 Å². The van der Waals surface area contributed by atoms with Crippen LogP contribution in [0, 0.1) is 0 Å². The Bertz CT molecular complexity index is 184. The Balaban J connectivity index is 0.000000218. The second kappa shape index (κ2) is 6.83. The minimum Gasteiger partial charge on any atom is -0.508 e. The van der Waals surface area contributed by atoms with E-state index in [2.05, 4.69) is 6.58 Å². The van der Waals surface area contributed by atoms with Gasteiger partial charge in [0.25, 0.3) is 0 Å². The lowest BCUT2D eigenvalue weighted by Gasteiger charge is -1.82. The van der Waals surface area contributed by atoms with Gasteiger partial charge in [-0.1, -0.05) is 24.3 Å². The fourth-order valence-electron chi connectivity index (χ4n) is 0.428. The zero-order chi connectivity index (χ0) is 8.53. The van der Waals surface area contributed by atoms with Crippen molar-refractivity contribution >= 4 is 0 Å². The summed E-state index contributed by atoms with van der Waals surface area (Å²) in [4.78, 5) is 0. The molecule has 0 saturated carbocycles. The van der Waals surface area contributed by atoms with E-state index in [0.717, 1.165) is 0 Å². The number of phenols is 1. The highest BCUT2D eigenvalue weighted by Crippen LogP contribution is 2.02. The van der Waals surface area contributed by atoms with Gasteiger partial charge >= 0.3 is 0 Å². The molecule has 0 unspecified atom stereocenters. The molecule has 0 atom stereocenters. The number of hydrogen-bond acceptors (Lipinski definition) is 2. The van der Waals surface area contributed by atoms with Crippen LogP contribution in [0.15, 0.2) is 43.0 Å². The first kappa shape index (κ1) is 9.72. The molecule has 0 aromatic heterocycles. The molecule has 60 valence electrons. The molecule has 0 amide bonds. The summed E-state index contributed by atoms with van der Waals surface area (Å²) in [5.74, 6) is 0.322. The van der Waals surface area contributed by atoms with Crippen LogP contribution in [-0.4, -0.2) is 11.7 Å². The number of rotatable bonds is 1. The maximum atomic E-state index is 8.63. The third kappa shape index (κ3) is 6.61. The van der Waals surface area contributed by atoms with Gasteiger partial charge in [0.2, 0.25) is 0 Å². The van der Waals surface area contributed by atoms with Crippen molar-refractivity contribution in [3.8, 4) is 5.75 Å². The van der Waals surface area contributed by atoms with Crippen LogP contribution in [0.4, 0.5) is 0 Å². The summed E-state index contributed by atoms with van der Waals surface area (Å²) < 4.78 is 0. The topological polar surface area (TPSA) is 46.2 Å². The summed E-state index contributed by atoms with van der Waals surface area (Å²) in [6.45, 7) is 3.94. The zero-order valence-electron chi connectivity index (χ0n) is 6.40. The second-order valence-corrected chi connectivity index (χ2v) is 1.86. The lowest BCUT2D eigenvalue weighted by molar-refractivity contribution is 0.475. The molecule has 0 aliphatic rings. The second-order valence-electron chi connectivity index (χ2n) is 1.86. The van der Waals surface area contributed by atoms with Crippen molar-refractivity contribution in [1.82, 2.24) is 0 Å². The van der Waals surface area contributed by atoms with E-state index in [9.17, 15) is 0 Å². The van der Waals surface area contributed by atoms with Crippen LogP contribution in [0.2, 0.25) is 0 Å². The molecule has 1 aromatic carbocycles. The summed E-state index contributed by atoms with van der Waals surface area (Å²) in [5, 5.41) is 8.63. The number of hydrogen-bond donors (Lipinski definition) is 2. The van der Waals surface area contributed by atoms with Gasteiger partial charge in [-0.15, -0.1) is 6.58 Å². The van der Waals surface area contributed by atoms with Crippen LogP contribution in [-0.2, 0) is 0 Å². The Kier molecular flexibility index (Phi) is 6.04. The summed E-state index contributed by atoms with van der Waals surface area (Å²) in [7, 11) is 0. The van der Waals surface area contributed by atoms with Gasteiger partial charge in [0, 0.05) is 6.54 Å². The Hall–Kier alpha value is -1.28. The van der Waals surface area contributed by atoms with Gasteiger partial charge in [0.05, 0.1) is 0 Å². The smallest absolute Gasteiger partial charge is 0.115 e. The average Bonchev–Trinajstić information content (AvgIpc) is 2.07. The molecule has 0 radical (unpaired) electrons. The number of para-hydroxylation sites is 1. The SMILES string of the molecule is C=CCN.Oc1ccccc1. The molecule has 0 fully saturated rings. The molecule has 0 heterocycles. The summed E-state index contributed by atoms with van der Waals surface area (Å²) in [6, 6.07) is 8.71. The largest absolute Gasteiger partial charge is 0.508 e. The van der Waals surface area contributed by atoms with Crippen molar-refractivity contribution < 1.29 is 5.11 Å². The minimum absolute atomic E-state index is 0.322. The Labute approximate surface area is 67.0 Å². The first-order chi connectivity index (χ1) is 5.31. The van der Waals surface area contributed by atoms with E-state index in [1.807, 2.05) is 6.07 Å². The highest BCUT2D eigenvalue weighted by molar-refractivity contribution is 5.18. The molecule has 11 heavy (non-hydrogen) atoms. The Morgan fingerprint density at radius 3 is 2.00 bits per heavy atom. The van der Waals surface area contributed by atoms with E-state index >= 15 is 0 Å². The fraction of sp³-hybridized carbons (Fsp3) is 0.111. The van der Waals surface area contributed by atoms with Crippen LogP contribution in [0.25, 0.3) is 0 Å². The number of phenolic OH excluding ortho intramolecular Hbond substituents is 1. The Morgan fingerprint density at radius 2 is 1.82 bits per heavy atom. The molecule has 0 saturated heterocycles. The molecule has 1 aromatic rings. The van der Waals surface area contributed by atoms with Crippen LogP contribution in [0.1, 0.15) is 0 Å². The zero-order valence-corrected chi connectivity index (χ0v) is 6.40. The predicted molar refractivity (Wildman–Crippen MR) is 47.4 cm³/mol. The maximum absolute atomic E-state index is 8.63. The van der Waals surface area contributed by atoms with Gasteiger partial charge in [-0.05, 0) is 12.1 Å². The number of benzene rings is 1. The quantitative estimate of drug-likeness (QED) is 0.598. The summed E-state index contributed by atoms with van der Waals surface area (Å²) in [6.07, 6.45) is 1.65. The van der Waals surface area contributed by atoms with Crippen molar-refractivity contribution in [2.45, 2.75) is 0 Å². The number of aromatic hydroxyl groups is 1. The fourth-order valence-corrected chi connectivity index (χ4v) is 0.428. The molecule has 2 nitrogen and oxygen atoms in total. The highest BCUT2D eigenvalue weighted by Gasteiger charge is 1.74. The van der Waals surface area contributed by atoms with E-state index in [-0.39, 0.29) is 0 Å². The lowest BCUT2D eigenvalue weighted by atomic mass is 10.3. The van der Waals surface area contributed by atoms with E-state index in [1.165, 1.54) is 0 Å². The summed E-state index contributed by atoms with van der Waals surface area (Å²) in [5.41, 5.74) is 4.91. The van der Waals surface area contributed by atoms with Crippen LogP contribution < -0.4 is 5.73 Å². The van der Waals surface area contributed by atoms with Crippen molar-refractivity contribution in [1.29, 1.82) is 0 Å². The minimum atomic E-state index is 0.322. The molecule has 0 aliphatic heterocycles. The highest BCUT2D eigenvalue weighted by atomic mass is 16.3. The van der Waals surface area contributed by atoms with Crippen molar-refractivity contribution in [2.75, 3.05) is 6.54 Å². The third-order valence-electron chi connectivity index (χ3n) is 0.923. The lowest BCUT2D eigenvalue weighted by Crippen LogP contribution is -1.90. The molecule has 0 spiro atoms. The molecule has 0 bridgehead atoms. The van der Waals surface area contributed by atoms with Crippen LogP contribution >= 0.6 is 0 Å².